The van der Waals surface area contributed by atoms with Gasteiger partial charge in [0.2, 0.25) is 0 Å². The SMILES string of the molecule is Cc1cccc(Nc2ccc(N3CCN(S(=O)(=O)N4CCCC4)CC3)nn2)n1. The average molecular weight is 404 g/mol. The molecule has 10 heteroatoms. The molecule has 0 spiro atoms. The van der Waals surface area contributed by atoms with E-state index >= 15 is 0 Å². The number of hydrogen-bond donors (Lipinski definition) is 1. The van der Waals surface area contributed by atoms with E-state index in [0.717, 1.165) is 30.2 Å². The molecule has 0 saturated carbocycles. The molecule has 4 rings (SSSR count). The van der Waals surface area contributed by atoms with Crippen LogP contribution in [-0.2, 0) is 10.2 Å². The first kappa shape index (κ1) is 19.0. The van der Waals surface area contributed by atoms with Crippen LogP contribution in [0.5, 0.6) is 0 Å². The molecule has 2 aromatic heterocycles. The van der Waals surface area contributed by atoms with E-state index in [4.69, 9.17) is 0 Å². The fraction of sp³-hybridized carbons (Fsp3) is 0.500. The van der Waals surface area contributed by atoms with E-state index in [2.05, 4.69) is 25.4 Å². The van der Waals surface area contributed by atoms with Crippen LogP contribution in [0, 0.1) is 6.92 Å². The Morgan fingerprint density at radius 2 is 1.57 bits per heavy atom. The molecule has 0 unspecified atom stereocenters. The Morgan fingerprint density at radius 3 is 2.21 bits per heavy atom. The highest BCUT2D eigenvalue weighted by atomic mass is 32.2. The third-order valence-electron chi connectivity index (χ3n) is 5.08. The molecule has 28 heavy (non-hydrogen) atoms. The van der Waals surface area contributed by atoms with Crippen molar-refractivity contribution in [2.45, 2.75) is 19.8 Å². The quantitative estimate of drug-likeness (QED) is 0.806. The molecule has 1 N–H and O–H groups in total. The summed E-state index contributed by atoms with van der Waals surface area (Å²) < 4.78 is 28.5. The smallest absolute Gasteiger partial charge is 0.282 e. The maximum absolute atomic E-state index is 12.7. The Bertz CT molecular complexity index is 906. The lowest BCUT2D eigenvalue weighted by Crippen LogP contribution is -2.52. The Morgan fingerprint density at radius 1 is 0.857 bits per heavy atom. The number of rotatable bonds is 5. The first-order valence-corrected chi connectivity index (χ1v) is 11.0. The Hall–Kier alpha value is -2.30. The van der Waals surface area contributed by atoms with Gasteiger partial charge in [-0.05, 0) is 44.0 Å². The minimum atomic E-state index is -3.33. The van der Waals surface area contributed by atoms with E-state index < -0.39 is 10.2 Å². The van der Waals surface area contributed by atoms with Gasteiger partial charge in [-0.25, -0.2) is 4.98 Å². The molecule has 0 aromatic carbocycles. The average Bonchev–Trinajstić information content (AvgIpc) is 3.25. The summed E-state index contributed by atoms with van der Waals surface area (Å²) in [5.74, 6) is 2.10. The molecule has 0 amide bonds. The second kappa shape index (κ2) is 7.98. The predicted molar refractivity (Wildman–Crippen MR) is 108 cm³/mol. The van der Waals surface area contributed by atoms with Crippen molar-refractivity contribution in [2.75, 3.05) is 49.5 Å². The zero-order valence-electron chi connectivity index (χ0n) is 16.0. The van der Waals surface area contributed by atoms with Crippen LogP contribution >= 0.6 is 0 Å². The molecule has 2 aromatic rings. The molecule has 150 valence electrons. The molecule has 0 atom stereocenters. The predicted octanol–water partition coefficient (Wildman–Crippen LogP) is 1.39. The maximum Gasteiger partial charge on any atom is 0.282 e. The number of nitrogens with zero attached hydrogens (tertiary/aromatic N) is 6. The van der Waals surface area contributed by atoms with Crippen LogP contribution in [0.15, 0.2) is 30.3 Å². The number of aromatic nitrogens is 3. The van der Waals surface area contributed by atoms with Gasteiger partial charge in [0.25, 0.3) is 10.2 Å². The van der Waals surface area contributed by atoms with Gasteiger partial charge < -0.3 is 10.2 Å². The van der Waals surface area contributed by atoms with E-state index in [9.17, 15) is 8.42 Å². The van der Waals surface area contributed by atoms with Gasteiger partial charge in [0.15, 0.2) is 11.6 Å². The summed E-state index contributed by atoms with van der Waals surface area (Å²) in [7, 11) is -3.33. The molecular weight excluding hydrogens is 378 g/mol. The lowest BCUT2D eigenvalue weighted by molar-refractivity contribution is 0.343. The van der Waals surface area contributed by atoms with Crippen LogP contribution in [0.4, 0.5) is 17.5 Å². The normalized spacial score (nSPS) is 19.1. The number of aryl methyl sites for hydroxylation is 1. The second-order valence-electron chi connectivity index (χ2n) is 7.07. The van der Waals surface area contributed by atoms with Gasteiger partial charge in [-0.2, -0.15) is 17.0 Å². The minimum Gasteiger partial charge on any atom is -0.352 e. The molecule has 2 fully saturated rings. The fourth-order valence-corrected chi connectivity index (χ4v) is 5.21. The largest absolute Gasteiger partial charge is 0.352 e. The molecule has 0 bridgehead atoms. The van der Waals surface area contributed by atoms with Gasteiger partial charge in [-0.1, -0.05) is 6.07 Å². The van der Waals surface area contributed by atoms with Crippen molar-refractivity contribution in [3.05, 3.63) is 36.0 Å². The number of pyridine rings is 1. The van der Waals surface area contributed by atoms with Crippen molar-refractivity contribution >= 4 is 27.7 Å². The lowest BCUT2D eigenvalue weighted by atomic mass is 10.3. The Balaban J connectivity index is 1.36. The lowest BCUT2D eigenvalue weighted by Gasteiger charge is -2.36. The second-order valence-corrected chi connectivity index (χ2v) is 8.99. The molecule has 4 heterocycles. The highest BCUT2D eigenvalue weighted by Crippen LogP contribution is 2.21. The van der Waals surface area contributed by atoms with Crippen LogP contribution in [-0.4, -0.2) is 71.5 Å². The van der Waals surface area contributed by atoms with Gasteiger partial charge in [0, 0.05) is 45.0 Å². The van der Waals surface area contributed by atoms with Crippen LogP contribution in [0.2, 0.25) is 0 Å². The van der Waals surface area contributed by atoms with Crippen LogP contribution in [0.1, 0.15) is 18.5 Å². The Labute approximate surface area is 165 Å². The van der Waals surface area contributed by atoms with Gasteiger partial charge >= 0.3 is 0 Å². The van der Waals surface area contributed by atoms with Crippen molar-refractivity contribution in [1.29, 1.82) is 0 Å². The molecule has 2 saturated heterocycles. The number of anilines is 3. The summed E-state index contributed by atoms with van der Waals surface area (Å²) in [6.07, 6.45) is 1.90. The van der Waals surface area contributed by atoms with Crippen molar-refractivity contribution in [3.8, 4) is 0 Å². The zero-order valence-corrected chi connectivity index (χ0v) is 16.8. The minimum absolute atomic E-state index is 0.466. The zero-order chi connectivity index (χ0) is 19.6. The summed E-state index contributed by atoms with van der Waals surface area (Å²) >= 11 is 0. The maximum atomic E-state index is 12.7. The van der Waals surface area contributed by atoms with Gasteiger partial charge in [0.1, 0.15) is 5.82 Å². The molecular formula is C18H25N7O2S. The van der Waals surface area contributed by atoms with E-state index in [1.807, 2.05) is 37.3 Å². The monoisotopic (exact) mass is 403 g/mol. The van der Waals surface area contributed by atoms with Crippen LogP contribution in [0.25, 0.3) is 0 Å². The van der Waals surface area contributed by atoms with Gasteiger partial charge in [-0.3, -0.25) is 0 Å². The molecule has 9 nitrogen and oxygen atoms in total. The standard InChI is InChI=1S/C18H25N7O2S/c1-15-5-4-6-16(19-15)20-17-7-8-18(22-21-17)23-11-13-25(14-12-23)28(26,27)24-9-2-3-10-24/h4-8H,2-3,9-14H2,1H3,(H,19,20,21). The fourth-order valence-electron chi connectivity index (χ4n) is 3.53. The third-order valence-corrected chi connectivity index (χ3v) is 7.11. The highest BCUT2D eigenvalue weighted by Gasteiger charge is 2.33. The molecule has 2 aliphatic rings. The molecule has 0 radical (unpaired) electrons. The third kappa shape index (κ3) is 4.08. The van der Waals surface area contributed by atoms with Gasteiger partial charge in [-0.15, -0.1) is 10.2 Å². The summed E-state index contributed by atoms with van der Waals surface area (Å²) in [6, 6.07) is 9.50. The van der Waals surface area contributed by atoms with Crippen molar-refractivity contribution in [1.82, 2.24) is 23.8 Å². The summed E-state index contributed by atoms with van der Waals surface area (Å²) in [5.41, 5.74) is 0.927. The topological polar surface area (TPSA) is 94.6 Å². The van der Waals surface area contributed by atoms with Gasteiger partial charge in [0.05, 0.1) is 0 Å². The van der Waals surface area contributed by atoms with Crippen molar-refractivity contribution in [2.24, 2.45) is 0 Å². The van der Waals surface area contributed by atoms with E-state index in [-0.39, 0.29) is 0 Å². The first-order chi connectivity index (χ1) is 13.5. The number of piperazine rings is 1. The number of hydrogen-bond acceptors (Lipinski definition) is 7. The van der Waals surface area contributed by atoms with Crippen molar-refractivity contribution < 1.29 is 8.42 Å². The number of nitrogens with one attached hydrogen (secondary N) is 1. The molecule has 0 aliphatic carbocycles. The van der Waals surface area contributed by atoms with Crippen molar-refractivity contribution in [3.63, 3.8) is 0 Å². The summed E-state index contributed by atoms with van der Waals surface area (Å²) in [5, 5.41) is 11.7. The first-order valence-electron chi connectivity index (χ1n) is 9.57. The van der Waals surface area contributed by atoms with E-state index in [1.54, 1.807) is 8.61 Å². The highest BCUT2D eigenvalue weighted by molar-refractivity contribution is 7.86. The molecule has 2 aliphatic heterocycles. The van der Waals surface area contributed by atoms with Crippen LogP contribution < -0.4 is 10.2 Å². The van der Waals surface area contributed by atoms with E-state index in [0.29, 0.717) is 45.1 Å². The summed E-state index contributed by atoms with van der Waals surface area (Å²) in [4.78, 5) is 6.46. The van der Waals surface area contributed by atoms with E-state index in [1.165, 1.54) is 0 Å². The Kier molecular flexibility index (Phi) is 5.42. The summed E-state index contributed by atoms with van der Waals surface area (Å²) in [6.45, 7) is 5.35. The van der Waals surface area contributed by atoms with Crippen LogP contribution in [0.3, 0.4) is 0 Å².